The molecule has 1 saturated heterocycles. The Morgan fingerprint density at radius 2 is 2.37 bits per heavy atom. The van der Waals surface area contributed by atoms with Gasteiger partial charge in [-0.15, -0.1) is 11.3 Å². The van der Waals surface area contributed by atoms with E-state index in [2.05, 4.69) is 29.4 Å². The van der Waals surface area contributed by atoms with Crippen LogP contribution in [0.4, 0.5) is 0 Å². The van der Waals surface area contributed by atoms with Gasteiger partial charge >= 0.3 is 0 Å². The lowest BCUT2D eigenvalue weighted by Crippen LogP contribution is -2.31. The van der Waals surface area contributed by atoms with E-state index >= 15 is 0 Å². The fourth-order valence-corrected chi connectivity index (χ4v) is 4.15. The van der Waals surface area contributed by atoms with Crippen LogP contribution in [0, 0.1) is 11.8 Å². The number of thiazole rings is 1. The third-order valence-electron chi connectivity index (χ3n) is 4.32. The highest BCUT2D eigenvalue weighted by molar-refractivity contribution is 7.09. The minimum Gasteiger partial charge on any atom is -0.310 e. The van der Waals surface area contributed by atoms with Gasteiger partial charge in [-0.05, 0) is 37.6 Å². The highest BCUT2D eigenvalue weighted by Gasteiger charge is 2.37. The smallest absolute Gasteiger partial charge is 0.107 e. The van der Waals surface area contributed by atoms with E-state index in [9.17, 15) is 0 Å². The molecule has 2 unspecified atom stereocenters. The van der Waals surface area contributed by atoms with Crippen LogP contribution < -0.4 is 5.32 Å². The number of piperidine rings is 1. The zero-order valence-electron chi connectivity index (χ0n) is 12.1. The maximum atomic E-state index is 4.77. The molecule has 3 rings (SSSR count). The molecule has 0 aromatic carbocycles. The van der Waals surface area contributed by atoms with Gasteiger partial charge in [0, 0.05) is 31.1 Å². The van der Waals surface area contributed by atoms with Crippen molar-refractivity contribution >= 4 is 11.3 Å². The third-order valence-corrected chi connectivity index (χ3v) is 5.21. The second-order valence-corrected chi connectivity index (χ2v) is 7.46. The summed E-state index contributed by atoms with van der Waals surface area (Å²) in [7, 11) is 0. The van der Waals surface area contributed by atoms with Crippen molar-refractivity contribution in [3.05, 3.63) is 16.1 Å². The molecule has 1 saturated carbocycles. The van der Waals surface area contributed by atoms with Crippen molar-refractivity contribution < 1.29 is 0 Å². The SMILES string of the molecule is CC(C)CNCc1nc(CN2CC3CCC2C3)cs1. The zero-order chi connectivity index (χ0) is 13.2. The quantitative estimate of drug-likeness (QED) is 0.868. The Morgan fingerprint density at radius 1 is 1.47 bits per heavy atom. The van der Waals surface area contributed by atoms with Gasteiger partial charge < -0.3 is 5.32 Å². The van der Waals surface area contributed by atoms with Crippen LogP contribution in [0.5, 0.6) is 0 Å². The normalized spacial score (nSPS) is 26.7. The van der Waals surface area contributed by atoms with Crippen LogP contribution in [-0.2, 0) is 13.1 Å². The first-order valence-corrected chi connectivity index (χ1v) is 8.46. The highest BCUT2D eigenvalue weighted by atomic mass is 32.1. The number of nitrogens with zero attached hydrogens (tertiary/aromatic N) is 2. The number of hydrogen-bond donors (Lipinski definition) is 1. The van der Waals surface area contributed by atoms with E-state index in [-0.39, 0.29) is 0 Å². The predicted molar refractivity (Wildman–Crippen MR) is 80.2 cm³/mol. The minimum absolute atomic E-state index is 0.708. The van der Waals surface area contributed by atoms with Crippen LogP contribution in [0.25, 0.3) is 0 Å². The van der Waals surface area contributed by atoms with Gasteiger partial charge in [0.2, 0.25) is 0 Å². The molecule has 2 aliphatic rings. The number of nitrogens with one attached hydrogen (secondary N) is 1. The first-order chi connectivity index (χ1) is 9.20. The number of rotatable bonds is 6. The Morgan fingerprint density at radius 3 is 3.05 bits per heavy atom. The Hall–Kier alpha value is -0.450. The summed E-state index contributed by atoms with van der Waals surface area (Å²) in [5.41, 5.74) is 1.28. The third kappa shape index (κ3) is 3.36. The molecule has 4 heteroatoms. The average molecular weight is 279 g/mol. The summed E-state index contributed by atoms with van der Waals surface area (Å²) in [6, 6.07) is 0.856. The van der Waals surface area contributed by atoms with E-state index in [1.54, 1.807) is 11.3 Å². The van der Waals surface area contributed by atoms with E-state index in [1.165, 1.54) is 36.5 Å². The summed E-state index contributed by atoms with van der Waals surface area (Å²) in [6.45, 7) is 8.86. The summed E-state index contributed by atoms with van der Waals surface area (Å²) in [5.74, 6) is 1.69. The Kier molecular flexibility index (Phi) is 4.20. The minimum atomic E-state index is 0.708. The lowest BCUT2D eigenvalue weighted by molar-refractivity contribution is 0.203. The summed E-state index contributed by atoms with van der Waals surface area (Å²) < 4.78 is 0. The van der Waals surface area contributed by atoms with Crippen molar-refractivity contribution in [1.29, 1.82) is 0 Å². The number of hydrogen-bond acceptors (Lipinski definition) is 4. The highest BCUT2D eigenvalue weighted by Crippen LogP contribution is 2.38. The Labute approximate surface area is 120 Å². The summed E-state index contributed by atoms with van der Waals surface area (Å²) in [6.07, 6.45) is 4.31. The zero-order valence-corrected chi connectivity index (χ0v) is 12.9. The molecule has 1 aliphatic carbocycles. The average Bonchev–Trinajstić information content (AvgIpc) is 3.05. The van der Waals surface area contributed by atoms with Gasteiger partial charge in [-0.2, -0.15) is 0 Å². The first kappa shape index (κ1) is 13.5. The van der Waals surface area contributed by atoms with Gasteiger partial charge in [-0.3, -0.25) is 4.90 Å². The molecule has 1 aromatic rings. The van der Waals surface area contributed by atoms with Crippen LogP contribution in [0.2, 0.25) is 0 Å². The van der Waals surface area contributed by atoms with E-state index in [0.717, 1.165) is 31.6 Å². The monoisotopic (exact) mass is 279 g/mol. The molecule has 2 bridgehead atoms. The lowest BCUT2D eigenvalue weighted by atomic mass is 10.1. The molecule has 1 N–H and O–H groups in total. The van der Waals surface area contributed by atoms with E-state index in [1.807, 2.05) is 0 Å². The first-order valence-electron chi connectivity index (χ1n) is 7.58. The maximum absolute atomic E-state index is 4.77. The molecular weight excluding hydrogens is 254 g/mol. The largest absolute Gasteiger partial charge is 0.310 e. The maximum Gasteiger partial charge on any atom is 0.107 e. The second-order valence-electron chi connectivity index (χ2n) is 6.52. The van der Waals surface area contributed by atoms with Crippen LogP contribution in [0.1, 0.15) is 43.8 Å². The second kappa shape index (κ2) is 5.90. The van der Waals surface area contributed by atoms with Gasteiger partial charge in [-0.1, -0.05) is 13.8 Å². The molecule has 2 atom stereocenters. The topological polar surface area (TPSA) is 28.2 Å². The van der Waals surface area contributed by atoms with Gasteiger partial charge in [0.15, 0.2) is 0 Å². The van der Waals surface area contributed by atoms with E-state index in [4.69, 9.17) is 4.98 Å². The van der Waals surface area contributed by atoms with Gasteiger partial charge in [-0.25, -0.2) is 4.98 Å². The van der Waals surface area contributed by atoms with Crippen molar-refractivity contribution in [3.63, 3.8) is 0 Å². The number of likely N-dealkylation sites (tertiary alicyclic amines) is 1. The van der Waals surface area contributed by atoms with Crippen molar-refractivity contribution in [1.82, 2.24) is 15.2 Å². The number of fused-ring (bicyclic) bond motifs is 2. The standard InChI is InChI=1S/C15H25N3S/c1-11(2)6-16-7-15-17-13(10-19-15)9-18-8-12-3-4-14(18)5-12/h10-12,14,16H,3-9H2,1-2H3. The Bertz CT molecular complexity index is 415. The summed E-state index contributed by atoms with van der Waals surface area (Å²) >= 11 is 1.80. The van der Waals surface area contributed by atoms with Crippen molar-refractivity contribution in [2.24, 2.45) is 11.8 Å². The van der Waals surface area contributed by atoms with Crippen molar-refractivity contribution in [2.45, 2.75) is 52.2 Å². The van der Waals surface area contributed by atoms with Crippen LogP contribution in [0.3, 0.4) is 0 Å². The van der Waals surface area contributed by atoms with Crippen LogP contribution in [0.15, 0.2) is 5.38 Å². The molecule has 2 fully saturated rings. The molecule has 1 aliphatic heterocycles. The fraction of sp³-hybridized carbons (Fsp3) is 0.800. The van der Waals surface area contributed by atoms with Crippen molar-refractivity contribution in [2.75, 3.05) is 13.1 Å². The van der Waals surface area contributed by atoms with E-state index < -0.39 is 0 Å². The van der Waals surface area contributed by atoms with Gasteiger partial charge in [0.25, 0.3) is 0 Å². The van der Waals surface area contributed by atoms with Gasteiger partial charge in [0.05, 0.1) is 5.69 Å². The molecule has 2 heterocycles. The predicted octanol–water partition coefficient (Wildman–Crippen LogP) is 2.87. The fourth-order valence-electron chi connectivity index (χ4n) is 3.40. The summed E-state index contributed by atoms with van der Waals surface area (Å²) in [4.78, 5) is 7.42. The number of aromatic nitrogens is 1. The van der Waals surface area contributed by atoms with Crippen molar-refractivity contribution in [3.8, 4) is 0 Å². The lowest BCUT2D eigenvalue weighted by Gasteiger charge is -2.25. The molecule has 0 spiro atoms. The molecule has 1 aromatic heterocycles. The summed E-state index contributed by atoms with van der Waals surface area (Å²) in [5, 5.41) is 6.95. The molecule has 106 valence electrons. The molecule has 3 nitrogen and oxygen atoms in total. The molecule has 19 heavy (non-hydrogen) atoms. The molecule has 0 radical (unpaired) electrons. The van der Waals surface area contributed by atoms with Crippen LogP contribution >= 0.6 is 11.3 Å². The van der Waals surface area contributed by atoms with Crippen LogP contribution in [-0.4, -0.2) is 29.0 Å². The Balaban J connectivity index is 1.48. The van der Waals surface area contributed by atoms with E-state index in [0.29, 0.717) is 5.92 Å². The molecule has 0 amide bonds. The van der Waals surface area contributed by atoms with Gasteiger partial charge in [0.1, 0.15) is 5.01 Å². The molecular formula is C15H25N3S.